The van der Waals surface area contributed by atoms with E-state index in [1.165, 1.54) is 0 Å². The van der Waals surface area contributed by atoms with Crippen molar-refractivity contribution in [1.29, 1.82) is 0 Å². The molecule has 0 bridgehead atoms. The largest absolute Gasteiger partial charge is 0.508 e. The predicted octanol–water partition coefficient (Wildman–Crippen LogP) is 3.72. The molecule has 130 valence electrons. The lowest BCUT2D eigenvalue weighted by Crippen LogP contribution is -2.43. The van der Waals surface area contributed by atoms with Crippen LogP contribution in [-0.2, 0) is 9.53 Å². The number of rotatable bonds is 0. The maximum atomic E-state index is 12.5. The summed E-state index contributed by atoms with van der Waals surface area (Å²) in [6, 6.07) is 5.21. The number of methoxy groups -OCH3 is 1. The van der Waals surface area contributed by atoms with E-state index < -0.39 is 0 Å². The summed E-state index contributed by atoms with van der Waals surface area (Å²) in [6.45, 7) is 2.11. The fourth-order valence-corrected chi connectivity index (χ4v) is 5.16. The zero-order valence-corrected chi connectivity index (χ0v) is 14.7. The van der Waals surface area contributed by atoms with Gasteiger partial charge in [-0.1, -0.05) is 13.0 Å². The Morgan fingerprint density at radius 1 is 1.21 bits per heavy atom. The Hall–Kier alpha value is -1.68. The van der Waals surface area contributed by atoms with Gasteiger partial charge in [0.05, 0.1) is 0 Å². The van der Waals surface area contributed by atoms with E-state index in [4.69, 9.17) is 0 Å². The zero-order valence-electron chi connectivity index (χ0n) is 14.7. The lowest BCUT2D eigenvalue weighted by molar-refractivity contribution is -0.129. The van der Waals surface area contributed by atoms with E-state index in [9.17, 15) is 14.7 Å². The van der Waals surface area contributed by atoms with Crippen molar-refractivity contribution in [3.8, 4) is 5.75 Å². The molecule has 1 aromatic rings. The van der Waals surface area contributed by atoms with Gasteiger partial charge in [-0.05, 0) is 54.7 Å². The zero-order chi connectivity index (χ0) is 17.5. The first-order valence-electron chi connectivity index (χ1n) is 8.72. The smallest absolute Gasteiger partial charge is 0.163 e. The standard InChI is InChI=1S/C18H20O3.C2H6O/c1-18-7-6-12-11-3-2-10(19)8-14(11)16(20)9-13(12)15(18)4-5-17(18)21;1-3-2/h2-3,8,12-13,15,19H,4-7,9H2,1H3;1-2H3/t12-,13-,15+,18+;/m1./s1. The summed E-state index contributed by atoms with van der Waals surface area (Å²) in [6.07, 6.45) is 4.08. The van der Waals surface area contributed by atoms with Gasteiger partial charge in [0.1, 0.15) is 11.5 Å². The number of Topliss-reactive ketones (excluding diaryl/α,β-unsaturated/α-hetero) is 2. The Balaban J connectivity index is 0.000000526. The van der Waals surface area contributed by atoms with Crippen LogP contribution in [0, 0.1) is 17.3 Å². The number of phenolic OH excluding ortho intramolecular Hbond substituents is 1. The van der Waals surface area contributed by atoms with Gasteiger partial charge < -0.3 is 9.84 Å². The molecule has 4 rings (SSSR count). The van der Waals surface area contributed by atoms with E-state index in [0.717, 1.165) is 24.8 Å². The van der Waals surface area contributed by atoms with Crippen molar-refractivity contribution >= 4 is 11.6 Å². The Bertz CT molecular complexity index is 666. The average Bonchev–Trinajstić information content (AvgIpc) is 2.84. The first-order valence-corrected chi connectivity index (χ1v) is 8.72. The molecule has 0 aliphatic heterocycles. The lowest BCUT2D eigenvalue weighted by atomic mass is 9.55. The summed E-state index contributed by atoms with van der Waals surface area (Å²) >= 11 is 0. The topological polar surface area (TPSA) is 63.6 Å². The molecular weight excluding hydrogens is 304 g/mol. The number of benzene rings is 1. The fraction of sp³-hybridized carbons (Fsp3) is 0.600. The van der Waals surface area contributed by atoms with Crippen LogP contribution in [0.3, 0.4) is 0 Å². The number of carbonyl (C=O) groups is 2. The highest BCUT2D eigenvalue weighted by Gasteiger charge is 2.55. The molecule has 24 heavy (non-hydrogen) atoms. The molecule has 0 spiro atoms. The van der Waals surface area contributed by atoms with E-state index in [2.05, 4.69) is 11.7 Å². The number of ether oxygens (including phenoxy) is 1. The first kappa shape index (κ1) is 17.2. The van der Waals surface area contributed by atoms with Gasteiger partial charge in [-0.2, -0.15) is 0 Å². The van der Waals surface area contributed by atoms with E-state index in [1.807, 2.05) is 6.07 Å². The number of carbonyl (C=O) groups excluding carboxylic acids is 2. The van der Waals surface area contributed by atoms with Gasteiger partial charge in [-0.25, -0.2) is 0 Å². The third-order valence-corrected chi connectivity index (χ3v) is 6.30. The highest BCUT2D eigenvalue weighted by atomic mass is 16.4. The molecule has 0 radical (unpaired) electrons. The number of hydrogen-bond donors (Lipinski definition) is 1. The summed E-state index contributed by atoms with van der Waals surface area (Å²) in [5, 5.41) is 9.63. The molecule has 0 aromatic heterocycles. The minimum absolute atomic E-state index is 0.130. The van der Waals surface area contributed by atoms with Crippen LogP contribution in [0.4, 0.5) is 0 Å². The third-order valence-electron chi connectivity index (χ3n) is 6.30. The van der Waals surface area contributed by atoms with Gasteiger partial charge in [-0.3, -0.25) is 9.59 Å². The van der Waals surface area contributed by atoms with Crippen LogP contribution in [-0.4, -0.2) is 30.9 Å². The Morgan fingerprint density at radius 2 is 1.92 bits per heavy atom. The van der Waals surface area contributed by atoms with Crippen LogP contribution >= 0.6 is 0 Å². The number of hydrogen-bond acceptors (Lipinski definition) is 4. The van der Waals surface area contributed by atoms with Gasteiger partial charge in [0.15, 0.2) is 5.78 Å². The minimum atomic E-state index is -0.199. The second-order valence-corrected chi connectivity index (χ2v) is 7.60. The number of aromatic hydroxyl groups is 1. The molecule has 0 unspecified atom stereocenters. The van der Waals surface area contributed by atoms with Gasteiger partial charge in [0, 0.05) is 38.0 Å². The first-order chi connectivity index (χ1) is 11.4. The van der Waals surface area contributed by atoms with Crippen LogP contribution in [0.15, 0.2) is 18.2 Å². The van der Waals surface area contributed by atoms with Crippen molar-refractivity contribution in [2.75, 3.05) is 14.2 Å². The minimum Gasteiger partial charge on any atom is -0.508 e. The molecule has 4 nitrogen and oxygen atoms in total. The highest BCUT2D eigenvalue weighted by Crippen LogP contribution is 2.59. The Labute approximate surface area is 143 Å². The van der Waals surface area contributed by atoms with Crippen molar-refractivity contribution in [2.45, 2.75) is 44.9 Å². The summed E-state index contributed by atoms with van der Waals surface area (Å²) < 4.78 is 4.25. The molecule has 3 aliphatic carbocycles. The Kier molecular flexibility index (Phi) is 4.52. The average molecular weight is 330 g/mol. The predicted molar refractivity (Wildman–Crippen MR) is 91.3 cm³/mol. The van der Waals surface area contributed by atoms with E-state index in [-0.39, 0.29) is 16.9 Å². The fourth-order valence-electron chi connectivity index (χ4n) is 5.16. The molecular formula is C20H26O4. The molecule has 1 aromatic carbocycles. The molecule has 0 amide bonds. The van der Waals surface area contributed by atoms with Crippen LogP contribution < -0.4 is 0 Å². The van der Waals surface area contributed by atoms with Crippen LogP contribution in [0.2, 0.25) is 0 Å². The highest BCUT2D eigenvalue weighted by molar-refractivity contribution is 5.99. The van der Waals surface area contributed by atoms with Gasteiger partial charge in [0.2, 0.25) is 0 Å². The van der Waals surface area contributed by atoms with Crippen molar-refractivity contribution in [1.82, 2.24) is 0 Å². The normalized spacial score (nSPS) is 33.9. The maximum absolute atomic E-state index is 12.5. The molecule has 0 saturated heterocycles. The summed E-state index contributed by atoms with van der Waals surface area (Å²) in [5.41, 5.74) is 1.59. The van der Waals surface area contributed by atoms with E-state index in [1.54, 1.807) is 26.4 Å². The van der Waals surface area contributed by atoms with Crippen LogP contribution in [0.5, 0.6) is 5.75 Å². The molecule has 3 aliphatic rings. The van der Waals surface area contributed by atoms with E-state index in [0.29, 0.717) is 41.9 Å². The molecule has 2 saturated carbocycles. The lowest BCUT2D eigenvalue weighted by Gasteiger charge is -2.47. The third kappa shape index (κ3) is 2.57. The Morgan fingerprint density at radius 3 is 2.62 bits per heavy atom. The number of phenols is 1. The van der Waals surface area contributed by atoms with E-state index >= 15 is 0 Å². The van der Waals surface area contributed by atoms with Crippen molar-refractivity contribution < 1.29 is 19.4 Å². The second kappa shape index (κ2) is 6.32. The van der Waals surface area contributed by atoms with Gasteiger partial charge >= 0.3 is 0 Å². The molecule has 2 fully saturated rings. The van der Waals surface area contributed by atoms with Crippen molar-refractivity contribution in [2.24, 2.45) is 17.3 Å². The monoisotopic (exact) mass is 330 g/mol. The number of ketones is 2. The van der Waals surface area contributed by atoms with Crippen molar-refractivity contribution in [3.05, 3.63) is 29.3 Å². The molecule has 1 N–H and O–H groups in total. The summed E-state index contributed by atoms with van der Waals surface area (Å²) in [5.74, 6) is 1.73. The van der Waals surface area contributed by atoms with Gasteiger partial charge in [0.25, 0.3) is 0 Å². The summed E-state index contributed by atoms with van der Waals surface area (Å²) in [7, 11) is 3.25. The quantitative estimate of drug-likeness (QED) is 0.787. The molecule has 0 heterocycles. The summed E-state index contributed by atoms with van der Waals surface area (Å²) in [4.78, 5) is 24.7. The van der Waals surface area contributed by atoms with Crippen molar-refractivity contribution in [3.63, 3.8) is 0 Å². The molecule has 4 atom stereocenters. The van der Waals surface area contributed by atoms with Gasteiger partial charge in [-0.15, -0.1) is 0 Å². The van der Waals surface area contributed by atoms with Crippen LogP contribution in [0.1, 0.15) is 60.9 Å². The number of fused-ring (bicyclic) bond motifs is 5. The molecule has 4 heteroatoms. The SMILES string of the molecule is COC.C[C@]12CC[C@@H]3c4ccc(O)cc4C(=O)C[C@H]3[C@@H]1CCC2=O. The second-order valence-electron chi connectivity index (χ2n) is 7.60. The van der Waals surface area contributed by atoms with Crippen LogP contribution in [0.25, 0.3) is 0 Å². The maximum Gasteiger partial charge on any atom is 0.163 e.